The number of nitrogens with two attached hydrogens (primary N) is 1. The van der Waals surface area contributed by atoms with Crippen molar-refractivity contribution in [1.29, 1.82) is 0 Å². The third-order valence-electron chi connectivity index (χ3n) is 6.02. The molecule has 1 aromatic heterocycles. The zero-order chi connectivity index (χ0) is 22.8. The molecule has 2 aromatic rings. The predicted octanol–water partition coefficient (Wildman–Crippen LogP) is 4.97. The summed E-state index contributed by atoms with van der Waals surface area (Å²) in [6.07, 6.45) is 0.841. The van der Waals surface area contributed by atoms with Gasteiger partial charge in [0.2, 0.25) is 5.92 Å². The molecular weight excluding hydrogens is 450 g/mol. The van der Waals surface area contributed by atoms with E-state index in [1.165, 1.54) is 18.3 Å². The molecule has 2 heterocycles. The number of nitrogens with zero attached hydrogens (tertiary/aromatic N) is 2. The first kappa shape index (κ1) is 22.5. The molecule has 1 aromatic carbocycles. The Labute approximate surface area is 189 Å². The standard InChI is InChI=1S/C20H22BCl2F2N3O3/c1-18(2)19(3,4)31-21(30-18)12-9-27-17(28-15(12)10-7-20(24,25)8-10)29-16-13(22)5-11(26)6-14(16)23/h5-6,9-10H,7-8,26H2,1-4H3. The summed E-state index contributed by atoms with van der Waals surface area (Å²) in [6.45, 7) is 7.64. The smallest absolute Gasteiger partial charge is 0.421 e. The summed E-state index contributed by atoms with van der Waals surface area (Å²) in [5.41, 5.74) is 5.79. The van der Waals surface area contributed by atoms with Crippen LogP contribution >= 0.6 is 23.2 Å². The Morgan fingerprint density at radius 2 is 1.65 bits per heavy atom. The molecule has 2 N–H and O–H groups in total. The van der Waals surface area contributed by atoms with Crippen LogP contribution in [0.25, 0.3) is 0 Å². The highest BCUT2D eigenvalue weighted by atomic mass is 35.5. The zero-order valence-corrected chi connectivity index (χ0v) is 19.0. The average Bonchev–Trinajstić information content (AvgIpc) is 2.83. The minimum Gasteiger partial charge on any atom is -0.421 e. The fourth-order valence-electron chi connectivity index (χ4n) is 3.54. The maximum absolute atomic E-state index is 13.6. The van der Waals surface area contributed by atoms with Crippen LogP contribution < -0.4 is 15.9 Å². The van der Waals surface area contributed by atoms with Gasteiger partial charge in [-0.3, -0.25) is 0 Å². The summed E-state index contributed by atoms with van der Waals surface area (Å²) in [6, 6.07) is 2.89. The Kier molecular flexibility index (Phi) is 5.40. The topological polar surface area (TPSA) is 79.5 Å². The molecule has 0 spiro atoms. The van der Waals surface area contributed by atoms with Crippen LogP contribution in [0, 0.1) is 0 Å². The molecule has 4 rings (SSSR count). The normalized spacial score (nSPS) is 21.7. The van der Waals surface area contributed by atoms with Crippen LogP contribution in [-0.2, 0) is 9.31 Å². The number of benzene rings is 1. The fourth-order valence-corrected chi connectivity index (χ4v) is 4.12. The molecule has 1 aliphatic carbocycles. The quantitative estimate of drug-likeness (QED) is 0.500. The van der Waals surface area contributed by atoms with Crippen molar-refractivity contribution in [1.82, 2.24) is 9.97 Å². The van der Waals surface area contributed by atoms with Crippen LogP contribution in [0.4, 0.5) is 14.5 Å². The summed E-state index contributed by atoms with van der Waals surface area (Å²) in [4.78, 5) is 8.65. The zero-order valence-electron chi connectivity index (χ0n) is 17.5. The monoisotopic (exact) mass is 471 g/mol. The van der Waals surface area contributed by atoms with Gasteiger partial charge < -0.3 is 19.8 Å². The van der Waals surface area contributed by atoms with Gasteiger partial charge in [-0.05, 0) is 39.8 Å². The molecular formula is C20H22BCl2F2N3O3. The van der Waals surface area contributed by atoms with Crippen LogP contribution in [0.5, 0.6) is 11.8 Å². The van der Waals surface area contributed by atoms with E-state index in [2.05, 4.69) is 9.97 Å². The molecule has 6 nitrogen and oxygen atoms in total. The van der Waals surface area contributed by atoms with Crippen LogP contribution in [0.15, 0.2) is 18.3 Å². The van der Waals surface area contributed by atoms with Crippen LogP contribution in [0.2, 0.25) is 10.0 Å². The molecule has 31 heavy (non-hydrogen) atoms. The fraction of sp³-hybridized carbons (Fsp3) is 0.500. The summed E-state index contributed by atoms with van der Waals surface area (Å²) in [5.74, 6) is -3.08. The lowest BCUT2D eigenvalue weighted by molar-refractivity contribution is -0.0875. The summed E-state index contributed by atoms with van der Waals surface area (Å²) < 4.78 is 45.1. The van der Waals surface area contributed by atoms with Crippen molar-refractivity contribution >= 4 is 41.5 Å². The number of hydrogen-bond donors (Lipinski definition) is 1. The first-order valence-corrected chi connectivity index (χ1v) is 10.6. The van der Waals surface area contributed by atoms with Crippen molar-refractivity contribution in [2.75, 3.05) is 5.73 Å². The molecule has 0 atom stereocenters. The van der Waals surface area contributed by atoms with Gasteiger partial charge in [-0.1, -0.05) is 23.2 Å². The van der Waals surface area contributed by atoms with Gasteiger partial charge >= 0.3 is 13.1 Å². The third-order valence-corrected chi connectivity index (χ3v) is 6.59. The molecule has 166 valence electrons. The molecule has 2 aliphatic rings. The van der Waals surface area contributed by atoms with Gasteiger partial charge in [0.05, 0.1) is 26.9 Å². The molecule has 0 amide bonds. The van der Waals surface area contributed by atoms with Gasteiger partial charge in [-0.25, -0.2) is 13.8 Å². The van der Waals surface area contributed by atoms with E-state index >= 15 is 0 Å². The lowest BCUT2D eigenvalue weighted by Gasteiger charge is -2.35. The predicted molar refractivity (Wildman–Crippen MR) is 116 cm³/mol. The molecule has 11 heteroatoms. The first-order valence-electron chi connectivity index (χ1n) is 9.81. The maximum Gasteiger partial charge on any atom is 0.498 e. The minimum atomic E-state index is -2.73. The summed E-state index contributed by atoms with van der Waals surface area (Å²) in [7, 11) is -0.785. The van der Waals surface area contributed by atoms with E-state index in [9.17, 15) is 8.78 Å². The first-order chi connectivity index (χ1) is 14.3. The van der Waals surface area contributed by atoms with E-state index < -0.39 is 30.2 Å². The minimum absolute atomic E-state index is 0.0703. The van der Waals surface area contributed by atoms with Gasteiger partial charge in [0, 0.05) is 36.1 Å². The highest BCUT2D eigenvalue weighted by Crippen LogP contribution is 2.48. The highest BCUT2D eigenvalue weighted by molar-refractivity contribution is 6.62. The lowest BCUT2D eigenvalue weighted by Crippen LogP contribution is -2.43. The van der Waals surface area contributed by atoms with Gasteiger partial charge in [0.15, 0.2) is 5.75 Å². The number of alkyl halides is 2. The Balaban J connectivity index is 1.70. The van der Waals surface area contributed by atoms with Gasteiger partial charge in [0.1, 0.15) is 0 Å². The maximum atomic E-state index is 13.6. The van der Waals surface area contributed by atoms with Crippen molar-refractivity contribution in [3.05, 3.63) is 34.1 Å². The molecule has 1 saturated carbocycles. The molecule has 1 aliphatic heterocycles. The number of halogens is 4. The second-order valence-electron chi connectivity index (χ2n) is 8.96. The van der Waals surface area contributed by atoms with Gasteiger partial charge in [-0.2, -0.15) is 4.98 Å². The van der Waals surface area contributed by atoms with Crippen molar-refractivity contribution in [2.24, 2.45) is 0 Å². The van der Waals surface area contributed by atoms with E-state index in [-0.39, 0.29) is 34.6 Å². The van der Waals surface area contributed by atoms with Crippen LogP contribution in [-0.4, -0.2) is 34.2 Å². The van der Waals surface area contributed by atoms with Crippen molar-refractivity contribution in [3.8, 4) is 11.8 Å². The van der Waals surface area contributed by atoms with Gasteiger partial charge in [0.25, 0.3) is 0 Å². The molecule has 2 fully saturated rings. The van der Waals surface area contributed by atoms with E-state index in [0.29, 0.717) is 16.8 Å². The molecule has 0 bridgehead atoms. The van der Waals surface area contributed by atoms with Crippen LogP contribution in [0.3, 0.4) is 0 Å². The second kappa shape index (κ2) is 7.44. The third kappa shape index (κ3) is 4.20. The number of rotatable bonds is 4. The Morgan fingerprint density at radius 3 is 2.16 bits per heavy atom. The van der Waals surface area contributed by atoms with Crippen molar-refractivity contribution in [2.45, 2.75) is 63.6 Å². The van der Waals surface area contributed by atoms with E-state index in [1.54, 1.807) is 0 Å². The highest BCUT2D eigenvalue weighted by Gasteiger charge is 2.54. The Morgan fingerprint density at radius 1 is 1.10 bits per heavy atom. The molecule has 0 unspecified atom stereocenters. The van der Waals surface area contributed by atoms with E-state index in [1.807, 2.05) is 27.7 Å². The largest absolute Gasteiger partial charge is 0.498 e. The Hall–Kier alpha value is -1.68. The van der Waals surface area contributed by atoms with Crippen molar-refractivity contribution < 1.29 is 22.8 Å². The Bertz CT molecular complexity index is 992. The summed E-state index contributed by atoms with van der Waals surface area (Å²) in [5, 5.41) is 0.362. The number of nitrogen functional groups attached to an aromatic ring is 1. The lowest BCUT2D eigenvalue weighted by atomic mass is 9.70. The number of ether oxygens (including phenoxy) is 1. The average molecular weight is 472 g/mol. The number of aromatic nitrogens is 2. The van der Waals surface area contributed by atoms with Crippen LogP contribution in [0.1, 0.15) is 52.1 Å². The second-order valence-corrected chi connectivity index (χ2v) is 9.77. The molecule has 0 radical (unpaired) electrons. The van der Waals surface area contributed by atoms with Gasteiger partial charge in [-0.15, -0.1) is 0 Å². The van der Waals surface area contributed by atoms with Crippen molar-refractivity contribution in [3.63, 3.8) is 0 Å². The van der Waals surface area contributed by atoms with E-state index in [4.69, 9.17) is 43.0 Å². The number of hydrogen-bond acceptors (Lipinski definition) is 6. The number of anilines is 1. The SMILES string of the molecule is CC1(C)OB(c2cnc(Oc3c(Cl)cc(N)cc3Cl)nc2C2CC(F)(F)C2)OC1(C)C. The summed E-state index contributed by atoms with van der Waals surface area (Å²) >= 11 is 12.4. The van der Waals surface area contributed by atoms with E-state index in [0.717, 1.165) is 0 Å². The molecule has 1 saturated heterocycles.